The van der Waals surface area contributed by atoms with E-state index in [-0.39, 0.29) is 17.8 Å². The van der Waals surface area contributed by atoms with Gasteiger partial charge in [0.15, 0.2) is 0 Å². The number of aromatic amines is 1. The van der Waals surface area contributed by atoms with Crippen molar-refractivity contribution in [3.05, 3.63) is 100 Å². The minimum Gasteiger partial charge on any atom is -0.368 e. The van der Waals surface area contributed by atoms with E-state index >= 15 is 0 Å². The quantitative estimate of drug-likeness (QED) is 0.468. The number of carbonyl (C=O) groups excluding carboxylic acids is 1. The van der Waals surface area contributed by atoms with E-state index in [0.29, 0.717) is 42.4 Å². The number of ether oxygens (including phenoxy) is 1. The number of aromatic nitrogens is 2. The molecule has 162 valence electrons. The van der Waals surface area contributed by atoms with E-state index in [2.05, 4.69) is 4.98 Å². The zero-order valence-corrected chi connectivity index (χ0v) is 18.0. The van der Waals surface area contributed by atoms with Gasteiger partial charge in [-0.3, -0.25) is 9.78 Å². The fourth-order valence-electron chi connectivity index (χ4n) is 4.01. The molecular weight excluding hydrogens is 429 g/mol. The topological polar surface area (TPSA) is 58.2 Å². The van der Waals surface area contributed by atoms with Gasteiger partial charge >= 0.3 is 0 Å². The van der Waals surface area contributed by atoms with Gasteiger partial charge in [0.2, 0.25) is 0 Å². The van der Waals surface area contributed by atoms with Gasteiger partial charge in [-0.2, -0.15) is 0 Å². The summed E-state index contributed by atoms with van der Waals surface area (Å²) in [5, 5.41) is 1.51. The average Bonchev–Trinajstić information content (AvgIpc) is 3.23. The van der Waals surface area contributed by atoms with Gasteiger partial charge in [0, 0.05) is 34.6 Å². The summed E-state index contributed by atoms with van der Waals surface area (Å²) >= 11 is 6.29. The number of rotatable bonds is 4. The SMILES string of the molecule is O=C(c1cc2ccc(F)cc2[nH]1)N1CCOC(c2cccc(Cc3ccccc3Cl)n2)C1. The molecule has 32 heavy (non-hydrogen) atoms. The smallest absolute Gasteiger partial charge is 0.270 e. The number of H-pyrrole nitrogens is 1. The van der Waals surface area contributed by atoms with Crippen molar-refractivity contribution in [2.45, 2.75) is 12.5 Å². The van der Waals surface area contributed by atoms with Gasteiger partial charge in [-0.15, -0.1) is 0 Å². The van der Waals surface area contributed by atoms with E-state index in [4.69, 9.17) is 21.3 Å². The van der Waals surface area contributed by atoms with Crippen LogP contribution in [0.25, 0.3) is 10.9 Å². The molecule has 0 saturated carbocycles. The lowest BCUT2D eigenvalue weighted by molar-refractivity contribution is -0.0249. The fourth-order valence-corrected chi connectivity index (χ4v) is 4.21. The minimum absolute atomic E-state index is 0.137. The molecule has 2 aromatic carbocycles. The number of pyridine rings is 1. The number of amides is 1. The van der Waals surface area contributed by atoms with E-state index in [1.165, 1.54) is 12.1 Å². The zero-order chi connectivity index (χ0) is 22.1. The third-order valence-corrected chi connectivity index (χ3v) is 6.02. The van der Waals surface area contributed by atoms with Crippen LogP contribution < -0.4 is 0 Å². The van der Waals surface area contributed by atoms with Crippen molar-refractivity contribution >= 4 is 28.4 Å². The highest BCUT2D eigenvalue weighted by atomic mass is 35.5. The van der Waals surface area contributed by atoms with Crippen LogP contribution in [0.2, 0.25) is 5.02 Å². The van der Waals surface area contributed by atoms with Crippen molar-refractivity contribution in [3.63, 3.8) is 0 Å². The summed E-state index contributed by atoms with van der Waals surface area (Å²) in [7, 11) is 0. The first-order chi connectivity index (χ1) is 15.6. The zero-order valence-electron chi connectivity index (χ0n) is 17.2. The summed E-state index contributed by atoms with van der Waals surface area (Å²) in [5.74, 6) is -0.477. The molecule has 1 atom stereocenters. The molecule has 0 spiro atoms. The Bertz CT molecular complexity index is 1290. The molecule has 1 aliphatic rings. The second-order valence-electron chi connectivity index (χ2n) is 7.85. The maximum atomic E-state index is 13.5. The molecule has 1 unspecified atom stereocenters. The van der Waals surface area contributed by atoms with Gasteiger partial charge in [0.25, 0.3) is 5.91 Å². The highest BCUT2D eigenvalue weighted by Gasteiger charge is 2.28. The number of hydrogen-bond donors (Lipinski definition) is 1. The molecule has 1 N–H and O–H groups in total. The Morgan fingerprint density at radius 3 is 2.91 bits per heavy atom. The molecule has 2 aromatic heterocycles. The summed E-state index contributed by atoms with van der Waals surface area (Å²) in [6.45, 7) is 1.30. The van der Waals surface area contributed by atoms with Crippen LogP contribution in [0.15, 0.2) is 66.7 Å². The van der Waals surface area contributed by atoms with Crippen LogP contribution in [0.3, 0.4) is 0 Å². The maximum absolute atomic E-state index is 13.5. The first-order valence-electron chi connectivity index (χ1n) is 10.5. The lowest BCUT2D eigenvalue weighted by atomic mass is 10.1. The van der Waals surface area contributed by atoms with Gasteiger partial charge in [-0.05, 0) is 48.0 Å². The van der Waals surface area contributed by atoms with Crippen LogP contribution in [0.1, 0.15) is 33.5 Å². The molecule has 1 fully saturated rings. The number of halogens is 2. The third-order valence-electron chi connectivity index (χ3n) is 5.66. The summed E-state index contributed by atoms with van der Waals surface area (Å²) in [5.41, 5.74) is 3.72. The number of carbonyl (C=O) groups is 1. The number of benzene rings is 2. The Morgan fingerprint density at radius 1 is 1.16 bits per heavy atom. The van der Waals surface area contributed by atoms with E-state index in [9.17, 15) is 9.18 Å². The molecule has 1 aliphatic heterocycles. The lowest BCUT2D eigenvalue weighted by Crippen LogP contribution is -2.42. The molecule has 3 heterocycles. The maximum Gasteiger partial charge on any atom is 0.270 e. The van der Waals surface area contributed by atoms with Gasteiger partial charge < -0.3 is 14.6 Å². The third kappa shape index (κ3) is 4.24. The predicted molar refractivity (Wildman–Crippen MR) is 121 cm³/mol. The summed E-state index contributed by atoms with van der Waals surface area (Å²) < 4.78 is 19.4. The van der Waals surface area contributed by atoms with Crippen molar-refractivity contribution in [2.75, 3.05) is 19.7 Å². The van der Waals surface area contributed by atoms with E-state index in [0.717, 1.165) is 22.3 Å². The second kappa shape index (κ2) is 8.73. The van der Waals surface area contributed by atoms with Crippen LogP contribution in [0, 0.1) is 5.82 Å². The van der Waals surface area contributed by atoms with Crippen molar-refractivity contribution < 1.29 is 13.9 Å². The van der Waals surface area contributed by atoms with E-state index in [1.807, 2.05) is 42.5 Å². The molecule has 5 rings (SSSR count). The molecule has 0 aliphatic carbocycles. The number of morpholine rings is 1. The lowest BCUT2D eigenvalue weighted by Gasteiger charge is -2.32. The Labute approximate surface area is 189 Å². The van der Waals surface area contributed by atoms with Crippen LogP contribution in [-0.2, 0) is 11.2 Å². The fraction of sp³-hybridized carbons (Fsp3) is 0.200. The Hall–Kier alpha value is -3.22. The van der Waals surface area contributed by atoms with Crippen LogP contribution in [0.4, 0.5) is 4.39 Å². The molecule has 5 nitrogen and oxygen atoms in total. The largest absolute Gasteiger partial charge is 0.368 e. The van der Waals surface area contributed by atoms with Crippen molar-refractivity contribution in [1.82, 2.24) is 14.9 Å². The Kier molecular flexibility index (Phi) is 5.64. The van der Waals surface area contributed by atoms with Crippen molar-refractivity contribution in [3.8, 4) is 0 Å². The molecule has 7 heteroatoms. The van der Waals surface area contributed by atoms with Gasteiger partial charge in [0.1, 0.15) is 17.6 Å². The highest BCUT2D eigenvalue weighted by Crippen LogP contribution is 2.25. The molecule has 1 saturated heterocycles. The molecule has 1 amide bonds. The first kappa shape index (κ1) is 20.7. The normalized spacial score (nSPS) is 16.4. The minimum atomic E-state index is -0.340. The predicted octanol–water partition coefficient (Wildman–Crippen LogP) is 5.16. The number of nitrogens with zero attached hydrogens (tertiary/aromatic N) is 2. The second-order valence-corrected chi connectivity index (χ2v) is 8.25. The standard InChI is InChI=1S/C25H21ClFN3O2/c26-20-6-2-1-4-16(20)12-19-5-3-7-21(28-19)24-15-30(10-11-32-24)25(31)23-13-17-8-9-18(27)14-22(17)29-23/h1-9,13-14,24,29H,10-12,15H2. The number of hydrogen-bond acceptors (Lipinski definition) is 3. The highest BCUT2D eigenvalue weighted by molar-refractivity contribution is 6.31. The van der Waals surface area contributed by atoms with Gasteiger partial charge in [0.05, 0.1) is 18.8 Å². The summed E-state index contributed by atoms with van der Waals surface area (Å²) in [4.78, 5) is 22.6. The Morgan fingerprint density at radius 2 is 2.03 bits per heavy atom. The van der Waals surface area contributed by atoms with Crippen molar-refractivity contribution in [1.29, 1.82) is 0 Å². The van der Waals surface area contributed by atoms with E-state index in [1.54, 1.807) is 17.0 Å². The molecule has 0 bridgehead atoms. The summed E-state index contributed by atoms with van der Waals surface area (Å²) in [6, 6.07) is 19.7. The van der Waals surface area contributed by atoms with Crippen LogP contribution in [0.5, 0.6) is 0 Å². The number of fused-ring (bicyclic) bond motifs is 1. The monoisotopic (exact) mass is 449 g/mol. The van der Waals surface area contributed by atoms with Gasteiger partial charge in [-0.25, -0.2) is 4.39 Å². The van der Waals surface area contributed by atoms with Crippen LogP contribution in [-0.4, -0.2) is 40.5 Å². The molecule has 0 radical (unpaired) electrons. The van der Waals surface area contributed by atoms with Crippen LogP contribution >= 0.6 is 11.6 Å². The summed E-state index contributed by atoms with van der Waals surface area (Å²) in [6.07, 6.45) is 0.301. The van der Waals surface area contributed by atoms with E-state index < -0.39 is 0 Å². The average molecular weight is 450 g/mol. The van der Waals surface area contributed by atoms with Gasteiger partial charge in [-0.1, -0.05) is 35.9 Å². The Balaban J connectivity index is 1.33. The molecular formula is C25H21ClFN3O2. The number of nitrogens with one attached hydrogen (secondary N) is 1. The first-order valence-corrected chi connectivity index (χ1v) is 10.8. The van der Waals surface area contributed by atoms with Crippen molar-refractivity contribution in [2.24, 2.45) is 0 Å². The molecule has 4 aromatic rings.